The largest absolute Gasteiger partial charge is 0.439 e. The molecule has 2 heterocycles. The summed E-state index contributed by atoms with van der Waals surface area (Å²) in [6.45, 7) is 5.90. The molecule has 0 amide bonds. The molecule has 0 aliphatic rings. The zero-order valence-electron chi connectivity index (χ0n) is 18.1. The van der Waals surface area contributed by atoms with E-state index in [4.69, 9.17) is 4.74 Å². The van der Waals surface area contributed by atoms with Gasteiger partial charge < -0.3 is 4.74 Å². The third-order valence-corrected chi connectivity index (χ3v) is 6.56. The molecule has 2 aromatic heterocycles. The van der Waals surface area contributed by atoms with Crippen LogP contribution in [0.1, 0.15) is 22.5 Å². The topological polar surface area (TPSA) is 123 Å². The summed E-state index contributed by atoms with van der Waals surface area (Å²) in [5.74, 6) is 1.36. The lowest BCUT2D eigenvalue weighted by molar-refractivity contribution is 0.460. The monoisotopic (exact) mass is 460 g/mol. The van der Waals surface area contributed by atoms with Crippen molar-refractivity contribution in [1.82, 2.24) is 19.7 Å². The molecule has 0 bridgehead atoms. The number of benzene rings is 2. The van der Waals surface area contributed by atoms with Crippen molar-refractivity contribution < 1.29 is 13.2 Å². The Morgan fingerprint density at radius 2 is 1.76 bits per heavy atom. The maximum Gasteiger partial charge on any atom is 0.263 e. The molecule has 1 N–H and O–H groups in total. The average molecular weight is 461 g/mol. The minimum Gasteiger partial charge on any atom is -0.439 e. The third-order valence-electron chi connectivity index (χ3n) is 5.12. The van der Waals surface area contributed by atoms with Crippen molar-refractivity contribution in [2.75, 3.05) is 4.72 Å². The first kappa shape index (κ1) is 22.0. The second kappa shape index (κ2) is 8.72. The normalized spacial score (nSPS) is 11.1. The second-order valence-electron chi connectivity index (χ2n) is 7.26. The summed E-state index contributed by atoms with van der Waals surface area (Å²) in [7, 11) is -3.91. The van der Waals surface area contributed by atoms with Crippen molar-refractivity contribution >= 4 is 15.7 Å². The van der Waals surface area contributed by atoms with E-state index in [0.717, 1.165) is 17.0 Å². The molecular formula is C23H20N6O3S. The Morgan fingerprint density at radius 3 is 2.42 bits per heavy atom. The van der Waals surface area contributed by atoms with Crippen molar-refractivity contribution in [3.8, 4) is 23.5 Å². The average Bonchev–Trinajstić information content (AvgIpc) is 3.07. The van der Waals surface area contributed by atoms with Crippen LogP contribution in [0.4, 0.5) is 5.69 Å². The van der Waals surface area contributed by atoms with E-state index in [1.807, 2.05) is 26.8 Å². The smallest absolute Gasteiger partial charge is 0.263 e. The van der Waals surface area contributed by atoms with E-state index in [1.54, 1.807) is 47.1 Å². The van der Waals surface area contributed by atoms with E-state index in [2.05, 4.69) is 19.8 Å². The van der Waals surface area contributed by atoms with E-state index in [1.165, 1.54) is 18.5 Å². The van der Waals surface area contributed by atoms with E-state index in [0.29, 0.717) is 23.1 Å². The number of aromatic nitrogens is 4. The number of nitriles is 1. The summed E-state index contributed by atoms with van der Waals surface area (Å²) in [6, 6.07) is 15.9. The lowest BCUT2D eigenvalue weighted by atomic mass is 10.2. The second-order valence-corrected chi connectivity index (χ2v) is 8.91. The van der Waals surface area contributed by atoms with E-state index in [-0.39, 0.29) is 10.5 Å². The van der Waals surface area contributed by atoms with Crippen LogP contribution < -0.4 is 9.46 Å². The van der Waals surface area contributed by atoms with Gasteiger partial charge in [0.05, 0.1) is 11.3 Å². The molecule has 166 valence electrons. The number of hydrogen-bond acceptors (Lipinski definition) is 7. The molecule has 0 radical (unpaired) electrons. The van der Waals surface area contributed by atoms with Crippen LogP contribution in [0, 0.1) is 32.1 Å². The van der Waals surface area contributed by atoms with Crippen LogP contribution in [0.25, 0.3) is 5.82 Å². The Labute approximate surface area is 191 Å². The minimum atomic E-state index is -3.91. The molecule has 0 saturated heterocycles. The summed E-state index contributed by atoms with van der Waals surface area (Å²) in [4.78, 5) is 8.33. The number of rotatable bonds is 6. The summed E-state index contributed by atoms with van der Waals surface area (Å²) in [5.41, 5.74) is 3.39. The number of anilines is 1. The van der Waals surface area contributed by atoms with Crippen molar-refractivity contribution in [3.63, 3.8) is 0 Å². The van der Waals surface area contributed by atoms with E-state index >= 15 is 0 Å². The SMILES string of the molecule is Cc1nn(-c2cc(Oc3ccc(NS(=O)(=O)c4ccccc4C#N)cc3)ncn2)c(C)c1C. The molecule has 0 saturated carbocycles. The third kappa shape index (κ3) is 4.53. The van der Waals surface area contributed by atoms with Crippen LogP contribution in [0.5, 0.6) is 11.6 Å². The first-order valence-electron chi connectivity index (χ1n) is 9.93. The van der Waals surface area contributed by atoms with Crippen molar-refractivity contribution in [2.45, 2.75) is 25.7 Å². The number of ether oxygens (including phenoxy) is 1. The number of sulfonamides is 1. The van der Waals surface area contributed by atoms with Gasteiger partial charge in [-0.15, -0.1) is 0 Å². The van der Waals surface area contributed by atoms with Gasteiger partial charge in [0.15, 0.2) is 5.82 Å². The molecule has 0 spiro atoms. The van der Waals surface area contributed by atoms with Crippen LogP contribution in [-0.2, 0) is 10.0 Å². The highest BCUT2D eigenvalue weighted by molar-refractivity contribution is 7.92. The highest BCUT2D eigenvalue weighted by atomic mass is 32.2. The van der Waals surface area contributed by atoms with Gasteiger partial charge in [0.2, 0.25) is 5.88 Å². The standard InChI is InChI=1S/C23H20N6O3S/c1-15-16(2)27-29(17(15)3)22-12-23(26-14-25-22)32-20-10-8-19(9-11-20)28-33(30,31)21-7-5-4-6-18(21)13-24/h4-12,14,28H,1-3H3. The van der Waals surface area contributed by atoms with Crippen LogP contribution >= 0.6 is 0 Å². The molecular weight excluding hydrogens is 440 g/mol. The van der Waals surface area contributed by atoms with E-state index < -0.39 is 10.0 Å². The number of nitrogens with one attached hydrogen (secondary N) is 1. The Hall–Kier alpha value is -4.23. The lowest BCUT2D eigenvalue weighted by Gasteiger charge is -2.10. The molecule has 2 aromatic carbocycles. The molecule has 0 fully saturated rings. The number of nitrogens with zero attached hydrogens (tertiary/aromatic N) is 5. The van der Waals surface area contributed by atoms with Gasteiger partial charge in [-0.1, -0.05) is 12.1 Å². The first-order chi connectivity index (χ1) is 15.8. The van der Waals surface area contributed by atoms with Gasteiger partial charge in [0.1, 0.15) is 23.0 Å². The maximum absolute atomic E-state index is 12.7. The Balaban J connectivity index is 1.52. The summed E-state index contributed by atoms with van der Waals surface area (Å²) < 4.78 is 35.3. The number of aryl methyl sites for hydroxylation is 1. The molecule has 0 aliphatic carbocycles. The molecule has 9 nitrogen and oxygen atoms in total. The van der Waals surface area contributed by atoms with E-state index in [9.17, 15) is 13.7 Å². The van der Waals surface area contributed by atoms with Gasteiger partial charge in [0.25, 0.3) is 10.0 Å². The Bertz CT molecular complexity index is 1470. The van der Waals surface area contributed by atoms with Gasteiger partial charge in [-0.25, -0.2) is 23.1 Å². The zero-order chi connectivity index (χ0) is 23.6. The molecule has 0 atom stereocenters. The Morgan fingerprint density at radius 1 is 1.03 bits per heavy atom. The Kier molecular flexibility index (Phi) is 5.81. The fourth-order valence-corrected chi connectivity index (χ4v) is 4.38. The lowest BCUT2D eigenvalue weighted by Crippen LogP contribution is -2.14. The molecule has 0 unspecified atom stereocenters. The first-order valence-corrected chi connectivity index (χ1v) is 11.4. The summed E-state index contributed by atoms with van der Waals surface area (Å²) in [5, 5.41) is 13.7. The molecule has 4 aromatic rings. The fourth-order valence-electron chi connectivity index (χ4n) is 3.16. The van der Waals surface area contributed by atoms with Crippen molar-refractivity contribution in [1.29, 1.82) is 5.26 Å². The van der Waals surface area contributed by atoms with Crippen molar-refractivity contribution in [3.05, 3.63) is 83.4 Å². The highest BCUT2D eigenvalue weighted by Gasteiger charge is 2.18. The zero-order valence-corrected chi connectivity index (χ0v) is 19.0. The van der Waals surface area contributed by atoms with Crippen LogP contribution in [0.15, 0.2) is 65.8 Å². The van der Waals surface area contributed by atoms with Gasteiger partial charge in [-0.05, 0) is 62.7 Å². The van der Waals surface area contributed by atoms with Gasteiger partial charge in [-0.2, -0.15) is 10.4 Å². The highest BCUT2D eigenvalue weighted by Crippen LogP contribution is 2.25. The predicted octanol–water partition coefficient (Wildman–Crippen LogP) is 4.05. The molecule has 4 rings (SSSR count). The van der Waals surface area contributed by atoms with Crippen LogP contribution in [0.3, 0.4) is 0 Å². The molecule has 33 heavy (non-hydrogen) atoms. The summed E-state index contributed by atoms with van der Waals surface area (Å²) >= 11 is 0. The molecule has 0 aliphatic heterocycles. The number of hydrogen-bond donors (Lipinski definition) is 1. The van der Waals surface area contributed by atoms with Crippen LogP contribution in [-0.4, -0.2) is 28.2 Å². The fraction of sp³-hybridized carbons (Fsp3) is 0.130. The quantitative estimate of drug-likeness (QED) is 0.460. The van der Waals surface area contributed by atoms with Gasteiger partial charge in [0, 0.05) is 17.4 Å². The predicted molar refractivity (Wildman–Crippen MR) is 122 cm³/mol. The van der Waals surface area contributed by atoms with Gasteiger partial charge >= 0.3 is 0 Å². The maximum atomic E-state index is 12.7. The minimum absolute atomic E-state index is 0.0716. The van der Waals surface area contributed by atoms with Gasteiger partial charge in [-0.3, -0.25) is 4.72 Å². The van der Waals surface area contributed by atoms with Crippen molar-refractivity contribution in [2.24, 2.45) is 0 Å². The molecule has 10 heteroatoms. The van der Waals surface area contributed by atoms with Crippen LogP contribution in [0.2, 0.25) is 0 Å². The summed E-state index contributed by atoms with van der Waals surface area (Å²) in [6.07, 6.45) is 1.39.